The van der Waals surface area contributed by atoms with Crippen molar-refractivity contribution in [2.45, 2.75) is 32.9 Å². The number of carbonyl (C=O) groups is 3. The molecule has 1 atom stereocenters. The number of carbonyl (C=O) groups excluding carboxylic acids is 3. The van der Waals surface area contributed by atoms with Crippen molar-refractivity contribution < 1.29 is 23.9 Å². The van der Waals surface area contributed by atoms with Crippen LogP contribution in [-0.4, -0.2) is 30.5 Å². The second-order valence-corrected chi connectivity index (χ2v) is 4.38. The van der Waals surface area contributed by atoms with Gasteiger partial charge in [0.15, 0.2) is 5.78 Å². The van der Waals surface area contributed by atoms with Crippen LogP contribution in [0, 0.1) is 0 Å². The number of alkyl carbamates (subject to hydrolysis) is 1. The molecular weight excluding hydrogens is 274 g/mol. The van der Waals surface area contributed by atoms with Crippen molar-refractivity contribution in [3.8, 4) is 0 Å². The van der Waals surface area contributed by atoms with Crippen molar-refractivity contribution in [1.29, 1.82) is 0 Å². The zero-order valence-corrected chi connectivity index (χ0v) is 12.1. The van der Waals surface area contributed by atoms with Gasteiger partial charge in [-0.2, -0.15) is 0 Å². The van der Waals surface area contributed by atoms with Crippen LogP contribution in [-0.2, 0) is 25.7 Å². The van der Waals surface area contributed by atoms with E-state index in [1.165, 1.54) is 6.92 Å². The first kappa shape index (κ1) is 16.7. The fourth-order valence-corrected chi connectivity index (χ4v) is 1.53. The number of esters is 1. The molecule has 1 rings (SSSR count). The molecule has 6 heteroatoms. The minimum absolute atomic E-state index is 0.117. The lowest BCUT2D eigenvalue weighted by Gasteiger charge is -2.12. The summed E-state index contributed by atoms with van der Waals surface area (Å²) < 4.78 is 9.65. The van der Waals surface area contributed by atoms with Gasteiger partial charge >= 0.3 is 12.1 Å². The molecule has 0 heterocycles. The monoisotopic (exact) mass is 293 g/mol. The molecule has 6 nitrogen and oxygen atoms in total. The number of nitrogens with one attached hydrogen (secondary N) is 1. The number of Topliss-reactive ketones (excluding diaryl/α,β-unsaturated/α-hetero) is 1. The Hall–Kier alpha value is -2.37. The highest BCUT2D eigenvalue weighted by molar-refractivity contribution is 5.99. The number of ether oxygens (including phenoxy) is 2. The molecule has 0 saturated heterocycles. The molecule has 1 N–H and O–H groups in total. The Balaban J connectivity index is 2.33. The van der Waals surface area contributed by atoms with Crippen molar-refractivity contribution in [1.82, 2.24) is 5.32 Å². The van der Waals surface area contributed by atoms with Gasteiger partial charge in [-0.05, 0) is 19.4 Å². The largest absolute Gasteiger partial charge is 0.466 e. The third kappa shape index (κ3) is 6.56. The quantitative estimate of drug-likeness (QED) is 0.612. The number of ketones is 1. The molecule has 1 unspecified atom stereocenters. The highest BCUT2D eigenvalue weighted by Gasteiger charge is 2.19. The molecule has 0 aliphatic rings. The van der Waals surface area contributed by atoms with Crippen LogP contribution in [0.1, 0.15) is 25.8 Å². The highest BCUT2D eigenvalue weighted by Crippen LogP contribution is 2.01. The van der Waals surface area contributed by atoms with E-state index in [1.807, 2.05) is 30.3 Å². The van der Waals surface area contributed by atoms with E-state index in [0.29, 0.717) is 0 Å². The molecule has 0 spiro atoms. The van der Waals surface area contributed by atoms with Crippen LogP contribution in [0.25, 0.3) is 0 Å². The highest BCUT2D eigenvalue weighted by atomic mass is 16.5. The predicted molar refractivity (Wildman–Crippen MR) is 75.5 cm³/mol. The normalized spacial score (nSPS) is 11.3. The Morgan fingerprint density at radius 1 is 1.14 bits per heavy atom. The van der Waals surface area contributed by atoms with Crippen LogP contribution in [0.4, 0.5) is 4.79 Å². The van der Waals surface area contributed by atoms with Crippen LogP contribution in [0.2, 0.25) is 0 Å². The number of amides is 1. The number of benzene rings is 1. The lowest BCUT2D eigenvalue weighted by atomic mass is 10.1. The van der Waals surface area contributed by atoms with Gasteiger partial charge in [-0.1, -0.05) is 30.3 Å². The summed E-state index contributed by atoms with van der Waals surface area (Å²) in [7, 11) is 0. The molecule has 0 aliphatic carbocycles. The zero-order chi connectivity index (χ0) is 15.7. The van der Waals surface area contributed by atoms with Gasteiger partial charge in [-0.3, -0.25) is 9.59 Å². The average molecular weight is 293 g/mol. The van der Waals surface area contributed by atoms with E-state index < -0.39 is 23.9 Å². The van der Waals surface area contributed by atoms with E-state index in [4.69, 9.17) is 4.74 Å². The van der Waals surface area contributed by atoms with E-state index in [2.05, 4.69) is 10.1 Å². The maximum atomic E-state index is 11.7. The van der Waals surface area contributed by atoms with Crippen molar-refractivity contribution in [2.75, 3.05) is 6.61 Å². The van der Waals surface area contributed by atoms with E-state index >= 15 is 0 Å². The summed E-state index contributed by atoms with van der Waals surface area (Å²) in [4.78, 5) is 34.4. The number of rotatable bonds is 7. The van der Waals surface area contributed by atoms with Gasteiger partial charge in [0.05, 0.1) is 12.6 Å². The molecule has 1 aromatic carbocycles. The average Bonchev–Trinajstić information content (AvgIpc) is 2.46. The minimum atomic E-state index is -0.808. The van der Waals surface area contributed by atoms with Crippen LogP contribution >= 0.6 is 0 Å². The summed E-state index contributed by atoms with van der Waals surface area (Å²) in [5.41, 5.74) is 0.846. The second-order valence-electron chi connectivity index (χ2n) is 4.38. The van der Waals surface area contributed by atoms with Crippen molar-refractivity contribution >= 4 is 17.8 Å². The smallest absolute Gasteiger partial charge is 0.408 e. The molecule has 0 aromatic heterocycles. The molecule has 1 aromatic rings. The Kier molecular flexibility index (Phi) is 6.94. The first-order valence-corrected chi connectivity index (χ1v) is 6.68. The summed E-state index contributed by atoms with van der Waals surface area (Å²) in [5.74, 6) is -1.03. The van der Waals surface area contributed by atoms with Gasteiger partial charge in [-0.15, -0.1) is 0 Å². The van der Waals surface area contributed by atoms with Gasteiger partial charge in [0.2, 0.25) is 0 Å². The molecule has 0 aliphatic heterocycles. The SMILES string of the molecule is CCOC(=O)CC(=O)C(C)NC(=O)OCc1ccccc1. The van der Waals surface area contributed by atoms with Crippen molar-refractivity contribution in [3.05, 3.63) is 35.9 Å². The van der Waals surface area contributed by atoms with E-state index in [9.17, 15) is 14.4 Å². The summed E-state index contributed by atoms with van der Waals surface area (Å²) in [6.07, 6.45) is -1.07. The fourth-order valence-electron chi connectivity index (χ4n) is 1.53. The van der Waals surface area contributed by atoms with Crippen LogP contribution in [0.15, 0.2) is 30.3 Å². The van der Waals surface area contributed by atoms with Gasteiger partial charge in [0, 0.05) is 0 Å². The van der Waals surface area contributed by atoms with Crippen LogP contribution < -0.4 is 5.32 Å². The minimum Gasteiger partial charge on any atom is -0.466 e. The third-order valence-electron chi connectivity index (χ3n) is 2.65. The Morgan fingerprint density at radius 2 is 1.81 bits per heavy atom. The maximum Gasteiger partial charge on any atom is 0.408 e. The second kappa shape index (κ2) is 8.73. The predicted octanol–water partition coefficient (Wildman–Crippen LogP) is 1.82. The lowest BCUT2D eigenvalue weighted by Crippen LogP contribution is -2.39. The van der Waals surface area contributed by atoms with Crippen LogP contribution in [0.3, 0.4) is 0 Å². The molecule has 1 amide bonds. The summed E-state index contributed by atoms with van der Waals surface area (Å²) >= 11 is 0. The number of hydrogen-bond acceptors (Lipinski definition) is 5. The van der Waals surface area contributed by atoms with Crippen LogP contribution in [0.5, 0.6) is 0 Å². The molecule has 0 bridgehead atoms. The Bertz CT molecular complexity index is 486. The Labute approximate surface area is 123 Å². The topological polar surface area (TPSA) is 81.7 Å². The molecule has 114 valence electrons. The van der Waals surface area contributed by atoms with Crippen molar-refractivity contribution in [3.63, 3.8) is 0 Å². The first-order chi connectivity index (χ1) is 10.0. The van der Waals surface area contributed by atoms with E-state index in [-0.39, 0.29) is 19.6 Å². The van der Waals surface area contributed by atoms with E-state index in [0.717, 1.165) is 5.56 Å². The molecule has 0 saturated carbocycles. The number of hydrogen-bond donors (Lipinski definition) is 1. The molecule has 0 radical (unpaired) electrons. The van der Waals surface area contributed by atoms with Gasteiger partial charge in [0.25, 0.3) is 0 Å². The Morgan fingerprint density at radius 3 is 2.43 bits per heavy atom. The zero-order valence-electron chi connectivity index (χ0n) is 12.1. The summed E-state index contributed by atoms with van der Waals surface area (Å²) in [6.45, 7) is 3.48. The van der Waals surface area contributed by atoms with Gasteiger partial charge in [-0.25, -0.2) is 4.79 Å². The molecular formula is C15H19NO5. The lowest BCUT2D eigenvalue weighted by molar-refractivity contribution is -0.145. The van der Waals surface area contributed by atoms with Gasteiger partial charge in [0.1, 0.15) is 13.0 Å². The summed E-state index contributed by atoms with van der Waals surface area (Å²) in [5, 5.41) is 2.38. The van der Waals surface area contributed by atoms with Crippen molar-refractivity contribution in [2.24, 2.45) is 0 Å². The third-order valence-corrected chi connectivity index (χ3v) is 2.65. The fraction of sp³-hybridized carbons (Fsp3) is 0.400. The molecule has 0 fully saturated rings. The van der Waals surface area contributed by atoms with E-state index in [1.54, 1.807) is 6.92 Å². The van der Waals surface area contributed by atoms with Gasteiger partial charge < -0.3 is 14.8 Å². The molecule has 21 heavy (non-hydrogen) atoms. The first-order valence-electron chi connectivity index (χ1n) is 6.68. The summed E-state index contributed by atoms with van der Waals surface area (Å²) in [6, 6.07) is 8.37. The standard InChI is InChI=1S/C15H19NO5/c1-3-20-14(18)9-13(17)11(2)16-15(19)21-10-12-7-5-4-6-8-12/h4-8,11H,3,9-10H2,1-2H3,(H,16,19). The maximum absolute atomic E-state index is 11.7.